The molecule has 0 radical (unpaired) electrons. The Balaban J connectivity index is 1.96. The zero-order valence-electron chi connectivity index (χ0n) is 12.6. The van der Waals surface area contributed by atoms with Crippen molar-refractivity contribution in [2.24, 2.45) is 11.8 Å². The number of hydrogen-bond donors (Lipinski definition) is 2. The number of carbonyl (C=O) groups is 1. The second-order valence-electron chi connectivity index (χ2n) is 6.10. The molecule has 0 spiro atoms. The van der Waals surface area contributed by atoms with Crippen LogP contribution < -0.4 is 5.32 Å². The molecule has 2 N–H and O–H groups in total. The minimum Gasteiger partial charge on any atom is -0.391 e. The van der Waals surface area contributed by atoms with Crippen LogP contribution in [0.2, 0.25) is 0 Å². The number of nitrogens with one attached hydrogen (secondary N) is 1. The maximum atomic E-state index is 12.1. The number of fused-ring (bicyclic) bond motifs is 1. The number of rotatable bonds is 5. The number of thiophene rings is 1. The summed E-state index contributed by atoms with van der Waals surface area (Å²) in [5, 5.41) is 12.6. The fraction of sp³-hybridized carbons (Fsp3) is 0.688. The molecule has 1 aromatic heterocycles. The first-order valence-electron chi connectivity index (χ1n) is 7.59. The highest BCUT2D eigenvalue weighted by Gasteiger charge is 2.22. The molecule has 4 heteroatoms. The van der Waals surface area contributed by atoms with Gasteiger partial charge in [0.15, 0.2) is 0 Å². The SMILES string of the molecule is CCC1CCc2sc(C(=O)NCC(O)C(C)C)cc2C1. The van der Waals surface area contributed by atoms with Crippen molar-refractivity contribution in [2.75, 3.05) is 6.54 Å². The zero-order chi connectivity index (χ0) is 14.7. The van der Waals surface area contributed by atoms with Crippen molar-refractivity contribution < 1.29 is 9.90 Å². The summed E-state index contributed by atoms with van der Waals surface area (Å²) in [6, 6.07) is 2.05. The lowest BCUT2D eigenvalue weighted by molar-refractivity contribution is 0.0875. The highest BCUT2D eigenvalue weighted by molar-refractivity contribution is 7.14. The van der Waals surface area contributed by atoms with Crippen LogP contribution in [0.5, 0.6) is 0 Å². The van der Waals surface area contributed by atoms with E-state index in [1.165, 1.54) is 23.3 Å². The molecule has 1 aromatic rings. The molecule has 2 unspecified atom stereocenters. The van der Waals surface area contributed by atoms with E-state index in [1.807, 2.05) is 13.8 Å². The highest BCUT2D eigenvalue weighted by atomic mass is 32.1. The summed E-state index contributed by atoms with van der Waals surface area (Å²) in [5.41, 5.74) is 1.36. The van der Waals surface area contributed by atoms with Crippen molar-refractivity contribution in [1.82, 2.24) is 5.32 Å². The van der Waals surface area contributed by atoms with Crippen molar-refractivity contribution in [2.45, 2.75) is 52.6 Å². The number of aryl methyl sites for hydroxylation is 1. The van der Waals surface area contributed by atoms with Gasteiger partial charge in [0.2, 0.25) is 0 Å². The van der Waals surface area contributed by atoms with E-state index in [9.17, 15) is 9.90 Å². The fourth-order valence-corrected chi connectivity index (χ4v) is 3.70. The fourth-order valence-electron chi connectivity index (χ4n) is 2.58. The lowest BCUT2D eigenvalue weighted by Gasteiger charge is -2.19. The molecular formula is C16H25NO2S. The van der Waals surface area contributed by atoms with Crippen molar-refractivity contribution in [3.05, 3.63) is 21.4 Å². The van der Waals surface area contributed by atoms with Crippen molar-refractivity contribution >= 4 is 17.2 Å². The second kappa shape index (κ2) is 6.72. The van der Waals surface area contributed by atoms with Gasteiger partial charge in [0.05, 0.1) is 11.0 Å². The Kier molecular flexibility index (Phi) is 5.22. The quantitative estimate of drug-likeness (QED) is 0.877. The summed E-state index contributed by atoms with van der Waals surface area (Å²) in [5.74, 6) is 0.894. The maximum Gasteiger partial charge on any atom is 0.261 e. The summed E-state index contributed by atoms with van der Waals surface area (Å²) >= 11 is 1.62. The first kappa shape index (κ1) is 15.5. The van der Waals surface area contributed by atoms with Crippen LogP contribution >= 0.6 is 11.3 Å². The first-order chi connectivity index (χ1) is 9.51. The standard InChI is InChI=1S/C16H25NO2S/c1-4-11-5-6-14-12(7-11)8-15(20-14)16(19)17-9-13(18)10(2)3/h8,10-11,13,18H,4-7,9H2,1-3H3,(H,17,19). The molecular weight excluding hydrogens is 270 g/mol. The summed E-state index contributed by atoms with van der Waals surface area (Å²) in [4.78, 5) is 14.3. The summed E-state index contributed by atoms with van der Waals surface area (Å²) < 4.78 is 0. The van der Waals surface area contributed by atoms with Gasteiger partial charge in [-0.3, -0.25) is 4.79 Å². The minimum atomic E-state index is -0.474. The molecule has 20 heavy (non-hydrogen) atoms. The Labute approximate surface area is 125 Å². The molecule has 0 aromatic carbocycles. The molecule has 2 atom stereocenters. The van der Waals surface area contributed by atoms with Gasteiger partial charge in [-0.05, 0) is 42.7 Å². The number of aliphatic hydroxyl groups is 1. The third-order valence-corrected chi connectivity index (χ3v) is 5.46. The van der Waals surface area contributed by atoms with Crippen LogP contribution in [0.1, 0.15) is 53.7 Å². The Morgan fingerprint density at radius 2 is 2.30 bits per heavy atom. The van der Waals surface area contributed by atoms with Crippen LogP contribution in [-0.2, 0) is 12.8 Å². The molecule has 2 rings (SSSR count). The molecule has 0 saturated heterocycles. The average molecular weight is 295 g/mol. The smallest absolute Gasteiger partial charge is 0.261 e. The predicted molar refractivity (Wildman–Crippen MR) is 83.3 cm³/mol. The number of carbonyl (C=O) groups excluding carboxylic acids is 1. The van der Waals surface area contributed by atoms with Crippen LogP contribution in [0, 0.1) is 11.8 Å². The van der Waals surface area contributed by atoms with Gasteiger partial charge < -0.3 is 10.4 Å². The van der Waals surface area contributed by atoms with E-state index in [2.05, 4.69) is 18.3 Å². The number of aliphatic hydroxyl groups excluding tert-OH is 1. The van der Waals surface area contributed by atoms with Crippen LogP contribution in [0.15, 0.2) is 6.07 Å². The minimum absolute atomic E-state index is 0.0443. The highest BCUT2D eigenvalue weighted by Crippen LogP contribution is 2.33. The largest absolute Gasteiger partial charge is 0.391 e. The van der Waals surface area contributed by atoms with Crippen molar-refractivity contribution in [1.29, 1.82) is 0 Å². The monoisotopic (exact) mass is 295 g/mol. The molecule has 112 valence electrons. The molecule has 3 nitrogen and oxygen atoms in total. The normalized spacial score (nSPS) is 19.8. The van der Waals surface area contributed by atoms with E-state index in [0.717, 1.165) is 23.6 Å². The molecule has 0 fully saturated rings. The Morgan fingerprint density at radius 1 is 1.55 bits per heavy atom. The Morgan fingerprint density at radius 3 is 2.95 bits per heavy atom. The molecule has 1 aliphatic rings. The molecule has 0 aliphatic heterocycles. The van der Waals surface area contributed by atoms with Crippen LogP contribution in [0.25, 0.3) is 0 Å². The van der Waals surface area contributed by atoms with E-state index in [0.29, 0.717) is 6.54 Å². The first-order valence-corrected chi connectivity index (χ1v) is 8.40. The van der Waals surface area contributed by atoms with Crippen LogP contribution in [0.4, 0.5) is 0 Å². The van der Waals surface area contributed by atoms with Gasteiger partial charge in [-0.1, -0.05) is 27.2 Å². The van der Waals surface area contributed by atoms with Crippen molar-refractivity contribution in [3.8, 4) is 0 Å². The number of amides is 1. The lowest BCUT2D eigenvalue weighted by atomic mass is 9.87. The van der Waals surface area contributed by atoms with Gasteiger partial charge in [-0.15, -0.1) is 11.3 Å². The van der Waals surface area contributed by atoms with Gasteiger partial charge in [0.1, 0.15) is 0 Å². The van der Waals surface area contributed by atoms with E-state index in [4.69, 9.17) is 0 Å². The van der Waals surface area contributed by atoms with Crippen molar-refractivity contribution in [3.63, 3.8) is 0 Å². The van der Waals surface area contributed by atoms with E-state index in [-0.39, 0.29) is 11.8 Å². The second-order valence-corrected chi connectivity index (χ2v) is 7.23. The van der Waals surface area contributed by atoms with Crippen LogP contribution in [-0.4, -0.2) is 23.7 Å². The van der Waals surface area contributed by atoms with E-state index < -0.39 is 6.10 Å². The van der Waals surface area contributed by atoms with Gasteiger partial charge >= 0.3 is 0 Å². The van der Waals surface area contributed by atoms with E-state index in [1.54, 1.807) is 11.3 Å². The maximum absolute atomic E-state index is 12.1. The molecule has 1 amide bonds. The molecule has 1 heterocycles. The summed E-state index contributed by atoms with van der Waals surface area (Å²) in [6.07, 6.45) is 4.22. The lowest BCUT2D eigenvalue weighted by Crippen LogP contribution is -2.34. The Hall–Kier alpha value is -0.870. The summed E-state index contributed by atoms with van der Waals surface area (Å²) in [7, 11) is 0. The third-order valence-electron chi connectivity index (χ3n) is 4.23. The Bertz CT molecular complexity index is 467. The molecule has 1 aliphatic carbocycles. The van der Waals surface area contributed by atoms with Crippen LogP contribution in [0.3, 0.4) is 0 Å². The average Bonchev–Trinajstić information content (AvgIpc) is 2.86. The summed E-state index contributed by atoms with van der Waals surface area (Å²) in [6.45, 7) is 6.47. The van der Waals surface area contributed by atoms with Gasteiger partial charge in [0, 0.05) is 11.4 Å². The molecule has 0 saturated carbocycles. The topological polar surface area (TPSA) is 49.3 Å². The third kappa shape index (κ3) is 3.61. The van der Waals surface area contributed by atoms with E-state index >= 15 is 0 Å². The predicted octanol–water partition coefficient (Wildman–Crippen LogP) is 3.01. The van der Waals surface area contributed by atoms with Gasteiger partial charge in [-0.2, -0.15) is 0 Å². The van der Waals surface area contributed by atoms with Gasteiger partial charge in [0.25, 0.3) is 5.91 Å². The number of hydrogen-bond acceptors (Lipinski definition) is 3. The molecule has 0 bridgehead atoms. The van der Waals surface area contributed by atoms with Gasteiger partial charge in [-0.25, -0.2) is 0 Å². The zero-order valence-corrected chi connectivity index (χ0v) is 13.4.